The molecule has 2 aromatic carbocycles. The molecule has 6 rings (SSSR count). The van der Waals surface area contributed by atoms with Crippen molar-refractivity contribution in [3.8, 4) is 5.75 Å². The van der Waals surface area contributed by atoms with Gasteiger partial charge < -0.3 is 20.7 Å². The van der Waals surface area contributed by atoms with E-state index in [4.69, 9.17) is 15.5 Å². The third-order valence-corrected chi connectivity index (χ3v) is 12.1. The Bertz CT molecular complexity index is 2050. The quantitative estimate of drug-likeness (QED) is 0.0992. The number of aryl methyl sites for hydroxylation is 1. The van der Waals surface area contributed by atoms with Crippen LogP contribution in [-0.2, 0) is 19.4 Å². The van der Waals surface area contributed by atoms with Gasteiger partial charge in [-0.05, 0) is 68.5 Å². The van der Waals surface area contributed by atoms with Crippen LogP contribution in [0.3, 0.4) is 0 Å². The summed E-state index contributed by atoms with van der Waals surface area (Å²) in [5.41, 5.74) is 5.05. The molecule has 49 heavy (non-hydrogen) atoms. The van der Waals surface area contributed by atoms with Crippen molar-refractivity contribution in [3.63, 3.8) is 0 Å². The van der Waals surface area contributed by atoms with Crippen LogP contribution in [0.15, 0.2) is 57.4 Å². The summed E-state index contributed by atoms with van der Waals surface area (Å²) >= 11 is 0.858. The lowest BCUT2D eigenvalue weighted by Crippen LogP contribution is -2.36. The number of carbonyl (C=O) groups is 1. The number of aromatic amines is 1. The molecule has 1 aliphatic carbocycles. The smallest absolute Gasteiger partial charge is 0.305 e. The average Bonchev–Trinajstić information content (AvgIpc) is 3.78. The lowest BCUT2D eigenvalue weighted by atomic mass is 9.93. The van der Waals surface area contributed by atoms with Gasteiger partial charge in [-0.25, -0.2) is 22.8 Å². The van der Waals surface area contributed by atoms with Crippen molar-refractivity contribution in [3.05, 3.63) is 75.5 Å². The van der Waals surface area contributed by atoms with E-state index in [1.165, 1.54) is 31.4 Å². The molecule has 3 heterocycles. The van der Waals surface area contributed by atoms with Crippen molar-refractivity contribution in [2.45, 2.75) is 58.7 Å². The Hall–Kier alpha value is -4.84. The van der Waals surface area contributed by atoms with Gasteiger partial charge in [0.1, 0.15) is 10.6 Å². The van der Waals surface area contributed by atoms with Gasteiger partial charge in [-0.1, -0.05) is 12.1 Å². The highest BCUT2D eigenvalue weighted by Gasteiger charge is 2.58. The van der Waals surface area contributed by atoms with Crippen LogP contribution in [0.5, 0.6) is 5.75 Å². The van der Waals surface area contributed by atoms with Gasteiger partial charge in [-0.15, -0.1) is 0 Å². The highest BCUT2D eigenvalue weighted by atomic mass is 32.2. The average molecular weight is 715 g/mol. The molecule has 0 bridgehead atoms. The van der Waals surface area contributed by atoms with E-state index >= 15 is 8.78 Å². The van der Waals surface area contributed by atoms with Crippen LogP contribution in [0, 0.1) is 34.6 Å². The molecule has 4 aromatic rings. The van der Waals surface area contributed by atoms with Gasteiger partial charge in [-0.2, -0.15) is 9.49 Å². The van der Waals surface area contributed by atoms with Gasteiger partial charge in [0.05, 0.1) is 21.8 Å². The number of nitrogens with zero attached hydrogens (tertiary/aromatic N) is 5. The summed E-state index contributed by atoms with van der Waals surface area (Å²) in [6.45, 7) is 2.92. The Balaban J connectivity index is 1.32. The van der Waals surface area contributed by atoms with Crippen LogP contribution in [0.2, 0.25) is 0 Å². The number of benzene rings is 2. The van der Waals surface area contributed by atoms with Crippen LogP contribution in [0.25, 0.3) is 0 Å². The predicted molar refractivity (Wildman–Crippen MR) is 176 cm³/mol. The summed E-state index contributed by atoms with van der Waals surface area (Å²) in [5.74, 6) is -0.868. The van der Waals surface area contributed by atoms with Crippen LogP contribution in [0.4, 0.5) is 31.9 Å². The van der Waals surface area contributed by atoms with E-state index in [1.807, 2.05) is 11.8 Å². The summed E-state index contributed by atoms with van der Waals surface area (Å²) in [6.07, 6.45) is 1.71. The van der Waals surface area contributed by atoms with Gasteiger partial charge in [-0.3, -0.25) is 20.0 Å². The number of carbonyl (C=O) groups excluding carboxylic acids is 1. The van der Waals surface area contributed by atoms with Crippen molar-refractivity contribution < 1.29 is 31.7 Å². The molecule has 1 amide bonds. The Kier molecular flexibility index (Phi) is 9.19. The molecular formula is C31H32F2N8O6S2. The first-order valence-corrected chi connectivity index (χ1v) is 17.6. The Labute approximate surface area is 283 Å². The van der Waals surface area contributed by atoms with Crippen molar-refractivity contribution in [2.75, 3.05) is 30.4 Å². The van der Waals surface area contributed by atoms with E-state index in [9.17, 15) is 23.3 Å². The number of amides is 1. The van der Waals surface area contributed by atoms with Crippen molar-refractivity contribution in [1.82, 2.24) is 20.2 Å². The number of halogens is 2. The van der Waals surface area contributed by atoms with Crippen molar-refractivity contribution in [2.24, 2.45) is 11.7 Å². The number of rotatable bonds is 12. The summed E-state index contributed by atoms with van der Waals surface area (Å²) in [7, 11) is -2.88. The molecule has 2 aromatic heterocycles. The largest absolute Gasteiger partial charge is 0.490 e. The van der Waals surface area contributed by atoms with E-state index in [1.54, 1.807) is 6.07 Å². The summed E-state index contributed by atoms with van der Waals surface area (Å²) in [5, 5.41) is 21.6. The minimum atomic E-state index is -4.35. The Morgan fingerprint density at radius 1 is 1.20 bits per heavy atom. The maximum Gasteiger partial charge on any atom is 0.305 e. The summed E-state index contributed by atoms with van der Waals surface area (Å²) in [6, 6.07) is 8.51. The molecule has 2 aliphatic rings. The standard InChI is InChI=1S/C31H32F2N8O6S2/c1-17-14-25(39-38-17)35-28-27(47-2)29(40-12-8-18(9-13-40)15-24(34)42)37-30(36-28)48-23-7-6-19(16-21(23)32)49(45,46)31(10-11-31)20-4-3-5-22(26(20)33)41(43)44/h3-7,14,16,18H,8-13,15H2,1-2H3,(H2,34,42)(H2,35,36,37,38,39). The van der Waals surface area contributed by atoms with Gasteiger partial charge in [0.2, 0.25) is 17.5 Å². The van der Waals surface area contributed by atoms with Crippen LogP contribution >= 0.6 is 11.8 Å². The number of hydrogen-bond acceptors (Lipinski definition) is 12. The predicted octanol–water partition coefficient (Wildman–Crippen LogP) is 5.15. The van der Waals surface area contributed by atoms with E-state index in [2.05, 4.69) is 20.5 Å². The third-order valence-electron chi connectivity index (χ3n) is 8.69. The lowest BCUT2D eigenvalue weighted by Gasteiger charge is -2.33. The molecule has 18 heteroatoms. The summed E-state index contributed by atoms with van der Waals surface area (Å²) < 4.78 is 62.4. The normalized spacial score (nSPS) is 16.0. The van der Waals surface area contributed by atoms with Crippen molar-refractivity contribution >= 4 is 50.6 Å². The molecule has 0 atom stereocenters. The molecule has 4 N–H and O–H groups in total. The number of anilines is 3. The number of methoxy groups -OCH3 is 1. The molecule has 0 radical (unpaired) electrons. The van der Waals surface area contributed by atoms with E-state index in [0.29, 0.717) is 43.3 Å². The zero-order chi connectivity index (χ0) is 35.1. The molecule has 1 saturated heterocycles. The minimum Gasteiger partial charge on any atom is -0.490 e. The van der Waals surface area contributed by atoms with Crippen molar-refractivity contribution in [1.29, 1.82) is 0 Å². The molecule has 2 fully saturated rings. The van der Waals surface area contributed by atoms with Gasteiger partial charge in [0, 0.05) is 42.9 Å². The van der Waals surface area contributed by atoms with E-state index in [-0.39, 0.29) is 57.4 Å². The number of nitrogens with one attached hydrogen (secondary N) is 2. The number of sulfone groups is 1. The topological polar surface area (TPSA) is 199 Å². The van der Waals surface area contributed by atoms with Gasteiger partial charge >= 0.3 is 5.69 Å². The van der Waals surface area contributed by atoms with E-state index < -0.39 is 36.8 Å². The molecule has 0 unspecified atom stereocenters. The maximum absolute atomic E-state index is 15.7. The number of aromatic nitrogens is 4. The fourth-order valence-electron chi connectivity index (χ4n) is 6.05. The molecule has 1 aliphatic heterocycles. The minimum absolute atomic E-state index is 0.0168. The number of H-pyrrole nitrogens is 1. The molecule has 1 saturated carbocycles. The zero-order valence-corrected chi connectivity index (χ0v) is 28.0. The lowest BCUT2D eigenvalue weighted by molar-refractivity contribution is -0.387. The molecule has 0 spiro atoms. The number of primary amides is 1. The second-order valence-electron chi connectivity index (χ2n) is 12.0. The Morgan fingerprint density at radius 3 is 2.53 bits per heavy atom. The highest BCUT2D eigenvalue weighted by molar-refractivity contribution is 7.99. The summed E-state index contributed by atoms with van der Waals surface area (Å²) in [4.78, 5) is 32.8. The second kappa shape index (κ2) is 13.2. The number of piperidine rings is 1. The van der Waals surface area contributed by atoms with Gasteiger partial charge in [0.15, 0.2) is 32.4 Å². The number of ether oxygens (including phenoxy) is 1. The van der Waals surface area contributed by atoms with Crippen LogP contribution in [-0.4, -0.2) is 59.6 Å². The monoisotopic (exact) mass is 714 g/mol. The number of nitro groups is 1. The van der Waals surface area contributed by atoms with Crippen LogP contribution < -0.4 is 20.7 Å². The maximum atomic E-state index is 15.7. The highest BCUT2D eigenvalue weighted by Crippen LogP contribution is 2.56. The zero-order valence-electron chi connectivity index (χ0n) is 26.4. The third kappa shape index (κ3) is 6.61. The SMILES string of the molecule is COc1c(Nc2cc(C)[nH]n2)nc(Sc2ccc(S(=O)(=O)C3(c4cccc([N+](=O)[O-])c4F)CC3)cc2F)nc1N1CCC(CC(N)=O)CC1. The van der Waals surface area contributed by atoms with E-state index in [0.717, 1.165) is 29.6 Å². The second-order valence-corrected chi connectivity index (χ2v) is 15.2. The molecular weight excluding hydrogens is 683 g/mol. The Morgan fingerprint density at radius 2 is 1.94 bits per heavy atom. The first kappa shape index (κ1) is 34.0. The first-order chi connectivity index (χ1) is 23.3. The number of hydrogen-bond donors (Lipinski definition) is 3. The first-order valence-electron chi connectivity index (χ1n) is 15.3. The fraction of sp³-hybridized carbons (Fsp3) is 0.355. The number of nitrogens with two attached hydrogens (primary N) is 1. The van der Waals surface area contributed by atoms with Crippen LogP contribution in [0.1, 0.15) is 43.4 Å². The molecule has 258 valence electrons. The van der Waals surface area contributed by atoms with Gasteiger partial charge in [0.25, 0.3) is 0 Å². The fourth-order valence-corrected chi connectivity index (χ4v) is 8.85. The number of nitro benzene ring substituents is 1. The molecule has 14 nitrogen and oxygen atoms in total.